The Morgan fingerprint density at radius 3 is 1.48 bits per heavy atom. The summed E-state index contributed by atoms with van der Waals surface area (Å²) < 4.78 is 7.31. The van der Waals surface area contributed by atoms with Crippen LogP contribution in [0.3, 0.4) is 0 Å². The number of furan rings is 1. The Morgan fingerprint density at radius 2 is 0.769 bits per heavy atom. The van der Waals surface area contributed by atoms with Gasteiger partial charge in [0.05, 0.1) is 16.8 Å². The van der Waals surface area contributed by atoms with Crippen molar-refractivity contribution in [2.24, 2.45) is 0 Å². The van der Waals surface area contributed by atoms with Crippen LogP contribution in [0.15, 0.2) is 259 Å². The molecule has 0 spiro atoms. The van der Waals surface area contributed by atoms with Crippen LogP contribution in [0, 0.1) is 0 Å². The lowest BCUT2D eigenvalue weighted by atomic mass is 9.92. The summed E-state index contributed by atoms with van der Waals surface area (Å²) in [6.07, 6.45) is 0. The number of benzene rings is 11. The van der Waals surface area contributed by atoms with Crippen molar-refractivity contribution in [1.82, 2.24) is 0 Å². The summed E-state index contributed by atoms with van der Waals surface area (Å²) in [7, 11) is 0. The molecule has 12 aromatic rings. The minimum atomic E-state index is 0.807. The van der Waals surface area contributed by atoms with E-state index in [1.54, 1.807) is 0 Å². The molecule has 0 aliphatic rings. The third kappa shape index (κ3) is 6.87. The van der Waals surface area contributed by atoms with Gasteiger partial charge in [0.2, 0.25) is 0 Å². The van der Waals surface area contributed by atoms with E-state index in [9.17, 15) is 0 Å². The number of para-hydroxylation sites is 2. The molecular weight excluding hydrogens is 789 g/mol. The van der Waals surface area contributed by atoms with E-state index in [0.717, 1.165) is 83.5 Å². The molecule has 3 heteroatoms. The molecule has 0 N–H and O–H groups in total. The Morgan fingerprint density at radius 1 is 0.262 bits per heavy atom. The fourth-order valence-corrected chi connectivity index (χ4v) is 9.52. The van der Waals surface area contributed by atoms with Gasteiger partial charge < -0.3 is 14.2 Å². The number of hydrogen-bond donors (Lipinski definition) is 0. The van der Waals surface area contributed by atoms with E-state index in [-0.39, 0.29) is 0 Å². The van der Waals surface area contributed by atoms with Gasteiger partial charge in [-0.15, -0.1) is 0 Å². The van der Waals surface area contributed by atoms with Crippen LogP contribution in [0.1, 0.15) is 0 Å². The fraction of sp³-hybridized carbons (Fsp3) is 0. The summed E-state index contributed by atoms with van der Waals surface area (Å²) >= 11 is 0. The number of fused-ring (bicyclic) bond motifs is 6. The minimum Gasteiger partial charge on any atom is -0.453 e. The van der Waals surface area contributed by atoms with E-state index < -0.39 is 0 Å². The first-order valence-corrected chi connectivity index (χ1v) is 22.2. The van der Waals surface area contributed by atoms with E-state index in [2.05, 4.69) is 265 Å². The number of anilines is 6. The summed E-state index contributed by atoms with van der Waals surface area (Å²) in [5.74, 6) is 0. The topological polar surface area (TPSA) is 19.6 Å². The van der Waals surface area contributed by atoms with Crippen LogP contribution in [0.4, 0.5) is 34.1 Å². The van der Waals surface area contributed by atoms with Gasteiger partial charge in [-0.25, -0.2) is 0 Å². The summed E-state index contributed by atoms with van der Waals surface area (Å²) in [5.41, 5.74) is 14.8. The van der Waals surface area contributed by atoms with E-state index in [0.29, 0.717) is 0 Å². The third-order valence-electron chi connectivity index (χ3n) is 12.6. The molecule has 3 nitrogen and oxygen atoms in total. The maximum atomic E-state index is 7.31. The zero-order valence-electron chi connectivity index (χ0n) is 35.6. The zero-order valence-corrected chi connectivity index (χ0v) is 35.6. The Balaban J connectivity index is 1.11. The average molecular weight is 831 g/mol. The summed E-state index contributed by atoms with van der Waals surface area (Å²) in [6.45, 7) is 0. The summed E-state index contributed by atoms with van der Waals surface area (Å²) in [4.78, 5) is 4.72. The van der Waals surface area contributed by atoms with E-state index in [1.807, 2.05) is 0 Å². The predicted molar refractivity (Wildman–Crippen MR) is 274 cm³/mol. The predicted octanol–water partition coefficient (Wildman–Crippen LogP) is 17.8. The number of rotatable bonds is 9. The van der Waals surface area contributed by atoms with Gasteiger partial charge in [-0.3, -0.25) is 0 Å². The molecule has 0 saturated carbocycles. The van der Waals surface area contributed by atoms with Crippen LogP contribution in [-0.2, 0) is 0 Å². The van der Waals surface area contributed by atoms with Crippen molar-refractivity contribution in [3.05, 3.63) is 255 Å². The second-order valence-corrected chi connectivity index (χ2v) is 16.5. The highest BCUT2D eigenvalue weighted by Crippen LogP contribution is 2.50. The highest BCUT2D eigenvalue weighted by molar-refractivity contribution is 6.22. The lowest BCUT2D eigenvalue weighted by Crippen LogP contribution is -2.13. The van der Waals surface area contributed by atoms with Crippen molar-refractivity contribution in [2.75, 3.05) is 9.80 Å². The molecular formula is C62H42N2O. The van der Waals surface area contributed by atoms with Crippen LogP contribution in [0.5, 0.6) is 0 Å². The molecule has 0 fully saturated rings. The van der Waals surface area contributed by atoms with Gasteiger partial charge in [-0.1, -0.05) is 182 Å². The van der Waals surface area contributed by atoms with Gasteiger partial charge in [0.25, 0.3) is 0 Å². The van der Waals surface area contributed by atoms with Crippen molar-refractivity contribution in [2.45, 2.75) is 0 Å². The van der Waals surface area contributed by atoms with Crippen molar-refractivity contribution >= 4 is 77.6 Å². The van der Waals surface area contributed by atoms with Crippen LogP contribution in [0.25, 0.3) is 76.9 Å². The van der Waals surface area contributed by atoms with Gasteiger partial charge in [-0.2, -0.15) is 0 Å². The van der Waals surface area contributed by atoms with Crippen molar-refractivity contribution in [1.29, 1.82) is 0 Å². The molecule has 11 aromatic carbocycles. The molecule has 0 amide bonds. The highest BCUT2D eigenvalue weighted by atomic mass is 16.3. The van der Waals surface area contributed by atoms with Gasteiger partial charge in [-0.05, 0) is 122 Å². The van der Waals surface area contributed by atoms with E-state index in [1.165, 1.54) is 27.5 Å². The second-order valence-electron chi connectivity index (χ2n) is 16.5. The standard InChI is InChI=1S/C62H42N2O/c1-5-17-43(18-6-1)45-31-34-52(35-32-45)63(50-24-9-3-10-25-50)59-40-39-58(60-56-37-33-47-22-15-16-28-55(47)61(56)65-62(59)60)64(51-26-11-4-12-27-51)53-36-38-54(57(42-53)46-20-7-2-8-21-46)49-30-29-44-19-13-14-23-48(44)41-49/h1-42H. The normalized spacial score (nSPS) is 11.4. The lowest BCUT2D eigenvalue weighted by molar-refractivity contribution is 0.673. The van der Waals surface area contributed by atoms with Gasteiger partial charge in [0.1, 0.15) is 5.58 Å². The maximum absolute atomic E-state index is 7.31. The first-order chi connectivity index (χ1) is 32.2. The number of hydrogen-bond acceptors (Lipinski definition) is 3. The van der Waals surface area contributed by atoms with Crippen LogP contribution in [-0.4, -0.2) is 0 Å². The van der Waals surface area contributed by atoms with Crippen LogP contribution in [0.2, 0.25) is 0 Å². The summed E-state index contributed by atoms with van der Waals surface area (Å²) in [6, 6.07) is 91.2. The molecule has 0 bridgehead atoms. The molecule has 65 heavy (non-hydrogen) atoms. The lowest BCUT2D eigenvalue weighted by Gasteiger charge is -2.30. The first kappa shape index (κ1) is 38.0. The van der Waals surface area contributed by atoms with Crippen LogP contribution < -0.4 is 9.80 Å². The van der Waals surface area contributed by atoms with Crippen molar-refractivity contribution in [3.8, 4) is 33.4 Å². The molecule has 0 saturated heterocycles. The van der Waals surface area contributed by atoms with Gasteiger partial charge in [0.15, 0.2) is 5.58 Å². The smallest absolute Gasteiger partial charge is 0.161 e. The molecule has 1 aromatic heterocycles. The molecule has 0 atom stereocenters. The Labute approximate surface area is 378 Å². The largest absolute Gasteiger partial charge is 0.453 e. The van der Waals surface area contributed by atoms with E-state index >= 15 is 0 Å². The average Bonchev–Trinajstić information content (AvgIpc) is 3.79. The fourth-order valence-electron chi connectivity index (χ4n) is 9.52. The zero-order chi connectivity index (χ0) is 43.1. The van der Waals surface area contributed by atoms with Crippen molar-refractivity contribution in [3.63, 3.8) is 0 Å². The first-order valence-electron chi connectivity index (χ1n) is 22.2. The Bertz CT molecular complexity index is 3640. The summed E-state index contributed by atoms with van der Waals surface area (Å²) in [5, 5.41) is 6.75. The molecule has 0 radical (unpaired) electrons. The molecule has 1 heterocycles. The molecule has 0 unspecified atom stereocenters. The Hall–Kier alpha value is -8.66. The van der Waals surface area contributed by atoms with Gasteiger partial charge in [0, 0.05) is 33.5 Å². The van der Waals surface area contributed by atoms with Gasteiger partial charge >= 0.3 is 0 Å². The third-order valence-corrected chi connectivity index (χ3v) is 12.6. The monoisotopic (exact) mass is 830 g/mol. The molecule has 0 aliphatic carbocycles. The SMILES string of the molecule is c1ccc(-c2ccc(N(c3ccccc3)c3ccc(N(c4ccccc4)c4ccc(-c5ccc6ccccc6c5)c(-c5ccccc5)c4)c4c3oc3c5ccccc5ccc34)cc2)cc1. The van der Waals surface area contributed by atoms with Crippen molar-refractivity contribution < 1.29 is 4.42 Å². The number of nitrogens with zero attached hydrogens (tertiary/aromatic N) is 2. The highest BCUT2D eigenvalue weighted by Gasteiger charge is 2.26. The van der Waals surface area contributed by atoms with Crippen LogP contribution >= 0.6 is 0 Å². The van der Waals surface area contributed by atoms with E-state index in [4.69, 9.17) is 4.42 Å². The molecule has 0 aliphatic heterocycles. The quantitative estimate of drug-likeness (QED) is 0.144. The second kappa shape index (κ2) is 16.2. The molecule has 306 valence electrons. The maximum Gasteiger partial charge on any atom is 0.161 e. The molecule has 12 rings (SSSR count). The minimum absolute atomic E-state index is 0.807. The Kier molecular flexibility index (Phi) is 9.50.